The molecule has 0 aromatic heterocycles. The van der Waals surface area contributed by atoms with E-state index < -0.39 is 25.2 Å². The zero-order valence-corrected chi connectivity index (χ0v) is 5.09. The summed E-state index contributed by atoms with van der Waals surface area (Å²) >= 11 is 0. The van der Waals surface area contributed by atoms with E-state index in [0.29, 0.717) is 0 Å². The Balaban J connectivity index is 3.71. The molecule has 6 heteroatoms. The summed E-state index contributed by atoms with van der Waals surface area (Å²) in [5.74, 6) is 0. The Kier molecular flexibility index (Phi) is 3.63. The third-order valence-corrected chi connectivity index (χ3v) is 0.781. The second-order valence-electron chi connectivity index (χ2n) is 1.55. The molecule has 1 amide bonds. The van der Waals surface area contributed by atoms with Gasteiger partial charge in [0.25, 0.3) is 6.43 Å². The molecular weight excluding hydrogens is 146 g/mol. The monoisotopic (exact) mass is 154 g/mol. The number of nitrogens with two attached hydrogens (primary N) is 2. The first kappa shape index (κ1) is 9.09. The molecule has 1 atom stereocenters. The normalized spacial score (nSPS) is 13.2. The second kappa shape index (κ2) is 3.99. The topological polar surface area (TPSA) is 78.3 Å². The molecule has 0 aliphatic carbocycles. The van der Waals surface area contributed by atoms with Gasteiger partial charge in [0.2, 0.25) is 0 Å². The highest BCUT2D eigenvalue weighted by Gasteiger charge is 2.21. The van der Waals surface area contributed by atoms with Crippen molar-refractivity contribution in [2.45, 2.75) is 12.5 Å². The molecule has 4 N–H and O–H groups in total. The predicted octanol–water partition coefficient (Wildman–Crippen LogP) is -0.326. The van der Waals surface area contributed by atoms with Crippen molar-refractivity contribution in [3.8, 4) is 0 Å². The zero-order valence-electron chi connectivity index (χ0n) is 5.09. The van der Waals surface area contributed by atoms with Crippen LogP contribution in [0.5, 0.6) is 0 Å². The number of primary amides is 1. The summed E-state index contributed by atoms with van der Waals surface area (Å²) in [4.78, 5) is 9.88. The minimum atomic E-state index is -2.78. The minimum absolute atomic E-state index is 0.430. The Morgan fingerprint density at radius 3 is 2.20 bits per heavy atom. The first-order valence-corrected chi connectivity index (χ1v) is 2.52. The number of hydrogen-bond donors (Lipinski definition) is 2. The van der Waals surface area contributed by atoms with Gasteiger partial charge in [-0.15, -0.1) is 0 Å². The van der Waals surface area contributed by atoms with E-state index in [9.17, 15) is 13.6 Å². The lowest BCUT2D eigenvalue weighted by molar-refractivity contribution is -0.00907. The molecule has 0 aromatic carbocycles. The van der Waals surface area contributed by atoms with E-state index in [4.69, 9.17) is 5.73 Å². The van der Waals surface area contributed by atoms with E-state index in [1.165, 1.54) is 0 Å². The van der Waals surface area contributed by atoms with Crippen LogP contribution in [0.3, 0.4) is 0 Å². The van der Waals surface area contributed by atoms with Crippen molar-refractivity contribution in [1.82, 2.24) is 0 Å². The highest BCUT2D eigenvalue weighted by molar-refractivity contribution is 5.64. The number of halogens is 2. The van der Waals surface area contributed by atoms with Gasteiger partial charge in [-0.05, 0) is 0 Å². The van der Waals surface area contributed by atoms with Crippen molar-refractivity contribution in [2.24, 2.45) is 11.5 Å². The van der Waals surface area contributed by atoms with Crippen molar-refractivity contribution in [3.05, 3.63) is 0 Å². The fourth-order valence-corrected chi connectivity index (χ4v) is 0.352. The van der Waals surface area contributed by atoms with Gasteiger partial charge in [-0.3, -0.25) is 0 Å². The summed E-state index contributed by atoms with van der Waals surface area (Å²) in [6.07, 6.45) is -5.61. The lowest BCUT2D eigenvalue weighted by Crippen LogP contribution is -2.34. The van der Waals surface area contributed by atoms with Gasteiger partial charge in [0.05, 0.1) is 0 Å². The van der Waals surface area contributed by atoms with Crippen LogP contribution in [0.2, 0.25) is 0 Å². The molecule has 60 valence electrons. The lowest BCUT2D eigenvalue weighted by Gasteiger charge is -2.11. The van der Waals surface area contributed by atoms with E-state index in [1.54, 1.807) is 0 Å². The summed E-state index contributed by atoms with van der Waals surface area (Å²) in [7, 11) is 0. The van der Waals surface area contributed by atoms with Gasteiger partial charge in [-0.25, -0.2) is 13.6 Å². The molecule has 0 fully saturated rings. The van der Waals surface area contributed by atoms with Crippen LogP contribution in [0.15, 0.2) is 0 Å². The van der Waals surface area contributed by atoms with Crippen molar-refractivity contribution < 1.29 is 18.3 Å². The molecule has 0 spiro atoms. The van der Waals surface area contributed by atoms with Crippen molar-refractivity contribution in [3.63, 3.8) is 0 Å². The predicted molar refractivity (Wildman–Crippen MR) is 29.5 cm³/mol. The Morgan fingerprint density at radius 1 is 1.60 bits per heavy atom. The number of amides is 1. The number of ether oxygens (including phenoxy) is 1. The SMILES string of the molecule is NC[C@H](OC(N)=O)C(F)F. The smallest absolute Gasteiger partial charge is 0.405 e. The van der Waals surface area contributed by atoms with Crippen LogP contribution in [0, 0.1) is 0 Å². The molecule has 10 heavy (non-hydrogen) atoms. The molecule has 0 saturated carbocycles. The van der Waals surface area contributed by atoms with E-state index in [2.05, 4.69) is 10.5 Å². The number of alkyl halides is 2. The van der Waals surface area contributed by atoms with Crippen molar-refractivity contribution >= 4 is 6.09 Å². The summed E-state index contributed by atoms with van der Waals surface area (Å²) in [5, 5.41) is 0. The van der Waals surface area contributed by atoms with Gasteiger partial charge >= 0.3 is 6.09 Å². The second-order valence-corrected chi connectivity index (χ2v) is 1.55. The minimum Gasteiger partial charge on any atom is -0.439 e. The Hall–Kier alpha value is -0.910. The molecule has 0 bridgehead atoms. The Bertz CT molecular complexity index is 120. The van der Waals surface area contributed by atoms with E-state index in [-0.39, 0.29) is 0 Å². The third-order valence-electron chi connectivity index (χ3n) is 0.781. The molecular formula is C4H8F2N2O2. The number of rotatable bonds is 3. The van der Waals surface area contributed by atoms with Gasteiger partial charge in [-0.1, -0.05) is 0 Å². The van der Waals surface area contributed by atoms with Crippen LogP contribution in [-0.4, -0.2) is 25.2 Å². The number of carbonyl (C=O) groups excluding carboxylic acids is 1. The van der Waals surface area contributed by atoms with Gasteiger partial charge in [0.15, 0.2) is 6.10 Å². The van der Waals surface area contributed by atoms with Crippen LogP contribution in [0.25, 0.3) is 0 Å². The van der Waals surface area contributed by atoms with Crippen molar-refractivity contribution in [1.29, 1.82) is 0 Å². The van der Waals surface area contributed by atoms with Crippen LogP contribution in [0.4, 0.5) is 13.6 Å². The number of carbonyl (C=O) groups is 1. The molecule has 4 nitrogen and oxygen atoms in total. The number of hydrogen-bond acceptors (Lipinski definition) is 3. The van der Waals surface area contributed by atoms with Crippen LogP contribution >= 0.6 is 0 Å². The molecule has 0 heterocycles. The summed E-state index contributed by atoms with van der Waals surface area (Å²) in [5.41, 5.74) is 9.27. The first-order chi connectivity index (χ1) is 4.57. The lowest BCUT2D eigenvalue weighted by atomic mass is 10.4. The fraction of sp³-hybridized carbons (Fsp3) is 0.750. The molecule has 0 unspecified atom stereocenters. The molecule has 0 aromatic rings. The Labute approximate surface area is 56.1 Å². The van der Waals surface area contributed by atoms with Crippen LogP contribution in [-0.2, 0) is 4.74 Å². The summed E-state index contributed by atoms with van der Waals surface area (Å²) in [6.45, 7) is -0.430. The standard InChI is InChI=1S/C4H8F2N2O2/c5-3(6)2(1-7)10-4(8)9/h2-3H,1,7H2,(H2,8,9)/t2-/m0/s1. The van der Waals surface area contributed by atoms with E-state index in [0.717, 1.165) is 0 Å². The van der Waals surface area contributed by atoms with Gasteiger partial charge < -0.3 is 16.2 Å². The molecule has 0 rings (SSSR count). The largest absolute Gasteiger partial charge is 0.439 e. The maximum Gasteiger partial charge on any atom is 0.405 e. The molecule has 0 aliphatic rings. The molecule has 0 saturated heterocycles. The van der Waals surface area contributed by atoms with E-state index in [1.807, 2.05) is 0 Å². The maximum absolute atomic E-state index is 11.6. The quantitative estimate of drug-likeness (QED) is 0.584. The highest BCUT2D eigenvalue weighted by atomic mass is 19.3. The molecule has 0 radical (unpaired) electrons. The highest BCUT2D eigenvalue weighted by Crippen LogP contribution is 2.03. The molecule has 0 aliphatic heterocycles. The third kappa shape index (κ3) is 3.18. The van der Waals surface area contributed by atoms with E-state index >= 15 is 0 Å². The van der Waals surface area contributed by atoms with Crippen molar-refractivity contribution in [2.75, 3.05) is 6.54 Å². The van der Waals surface area contributed by atoms with Gasteiger partial charge in [-0.2, -0.15) is 0 Å². The average molecular weight is 154 g/mol. The first-order valence-electron chi connectivity index (χ1n) is 2.52. The van der Waals surface area contributed by atoms with Gasteiger partial charge in [0.1, 0.15) is 0 Å². The van der Waals surface area contributed by atoms with Crippen LogP contribution < -0.4 is 11.5 Å². The zero-order chi connectivity index (χ0) is 8.15. The summed E-state index contributed by atoms with van der Waals surface area (Å²) < 4.78 is 27.2. The van der Waals surface area contributed by atoms with Gasteiger partial charge in [0, 0.05) is 6.54 Å². The Morgan fingerprint density at radius 2 is 2.10 bits per heavy atom. The average Bonchev–Trinajstić information content (AvgIpc) is 1.81. The van der Waals surface area contributed by atoms with Crippen LogP contribution in [0.1, 0.15) is 0 Å². The summed E-state index contributed by atoms with van der Waals surface area (Å²) in [6, 6.07) is 0. The fourth-order valence-electron chi connectivity index (χ4n) is 0.352. The maximum atomic E-state index is 11.6.